The molecule has 0 amide bonds. The molecule has 18 heavy (non-hydrogen) atoms. The number of halogens is 1. The first-order chi connectivity index (χ1) is 8.74. The number of aromatic nitrogens is 2. The van der Waals surface area contributed by atoms with E-state index in [-0.39, 0.29) is 0 Å². The molecule has 0 saturated heterocycles. The average molecular weight is 264 g/mol. The second-order valence-corrected chi connectivity index (χ2v) is 4.95. The summed E-state index contributed by atoms with van der Waals surface area (Å²) in [6, 6.07) is 5.58. The van der Waals surface area contributed by atoms with Crippen molar-refractivity contribution in [1.29, 1.82) is 0 Å². The first-order valence-electron chi connectivity index (χ1n) is 5.99. The minimum atomic E-state index is 0.318. The first-order valence-corrected chi connectivity index (χ1v) is 6.37. The average Bonchev–Trinajstić information content (AvgIpc) is 2.71. The summed E-state index contributed by atoms with van der Waals surface area (Å²) in [5.74, 6) is 1.34. The number of nitrogens with two attached hydrogens (primary N) is 1. The Morgan fingerprint density at radius 2 is 2.17 bits per heavy atom. The number of ether oxygens (including phenoxy) is 1. The second-order valence-electron chi connectivity index (χ2n) is 4.51. The molecule has 3 N–H and O–H groups in total. The highest BCUT2D eigenvalue weighted by Crippen LogP contribution is 2.37. The number of nitrogens with one attached hydrogen (secondary N) is 1. The van der Waals surface area contributed by atoms with Crippen LogP contribution in [0.5, 0.6) is 5.75 Å². The maximum absolute atomic E-state index is 6.04. The van der Waals surface area contributed by atoms with Gasteiger partial charge >= 0.3 is 0 Å². The van der Waals surface area contributed by atoms with E-state index in [4.69, 9.17) is 22.1 Å². The number of hydrogen-bond acceptors (Lipinski definition) is 3. The number of anilines is 1. The van der Waals surface area contributed by atoms with Crippen LogP contribution in [0.15, 0.2) is 24.4 Å². The molecule has 0 spiro atoms. The van der Waals surface area contributed by atoms with Crippen molar-refractivity contribution < 1.29 is 4.74 Å². The van der Waals surface area contributed by atoms with Crippen LogP contribution in [-0.2, 0) is 0 Å². The zero-order chi connectivity index (χ0) is 12.5. The van der Waals surface area contributed by atoms with E-state index < -0.39 is 0 Å². The monoisotopic (exact) mass is 263 g/mol. The van der Waals surface area contributed by atoms with Crippen molar-refractivity contribution in [2.45, 2.75) is 25.4 Å². The van der Waals surface area contributed by atoms with Gasteiger partial charge in [-0.1, -0.05) is 11.6 Å². The highest BCUT2D eigenvalue weighted by atomic mass is 35.5. The molecule has 0 aliphatic heterocycles. The summed E-state index contributed by atoms with van der Waals surface area (Å²) in [6.45, 7) is 0. The van der Waals surface area contributed by atoms with Crippen LogP contribution < -0.4 is 10.5 Å². The van der Waals surface area contributed by atoms with E-state index in [2.05, 4.69) is 10.2 Å². The Labute approximate surface area is 110 Å². The fourth-order valence-corrected chi connectivity index (χ4v) is 2.17. The van der Waals surface area contributed by atoms with E-state index in [0.29, 0.717) is 16.9 Å². The van der Waals surface area contributed by atoms with Crippen LogP contribution in [0.25, 0.3) is 11.1 Å². The van der Waals surface area contributed by atoms with Crippen LogP contribution in [0, 0.1) is 0 Å². The number of H-pyrrole nitrogens is 1. The van der Waals surface area contributed by atoms with E-state index in [9.17, 15) is 0 Å². The molecule has 0 bridgehead atoms. The maximum atomic E-state index is 6.04. The van der Waals surface area contributed by atoms with E-state index in [1.165, 1.54) is 6.42 Å². The smallest absolute Gasteiger partial charge is 0.127 e. The fourth-order valence-electron chi connectivity index (χ4n) is 1.99. The van der Waals surface area contributed by atoms with Crippen molar-refractivity contribution in [1.82, 2.24) is 10.2 Å². The van der Waals surface area contributed by atoms with Gasteiger partial charge in [0.2, 0.25) is 0 Å². The van der Waals surface area contributed by atoms with Gasteiger partial charge in [0.25, 0.3) is 0 Å². The van der Waals surface area contributed by atoms with Gasteiger partial charge in [0, 0.05) is 16.1 Å². The van der Waals surface area contributed by atoms with Crippen molar-refractivity contribution in [2.75, 3.05) is 5.73 Å². The van der Waals surface area contributed by atoms with Gasteiger partial charge in [-0.15, -0.1) is 0 Å². The summed E-state index contributed by atoms with van der Waals surface area (Å²) < 4.78 is 5.96. The van der Waals surface area contributed by atoms with E-state index in [1.54, 1.807) is 6.20 Å². The Bertz CT molecular complexity index is 563. The summed E-state index contributed by atoms with van der Waals surface area (Å²) in [7, 11) is 0. The molecule has 0 atom stereocenters. The topological polar surface area (TPSA) is 63.9 Å². The molecule has 1 aliphatic carbocycles. The van der Waals surface area contributed by atoms with Crippen LogP contribution in [0.3, 0.4) is 0 Å². The van der Waals surface area contributed by atoms with Gasteiger partial charge in [-0.25, -0.2) is 0 Å². The van der Waals surface area contributed by atoms with E-state index in [1.807, 2.05) is 18.2 Å². The normalized spacial score (nSPS) is 15.4. The Kier molecular flexibility index (Phi) is 2.88. The molecular weight excluding hydrogens is 250 g/mol. The lowest BCUT2D eigenvalue weighted by Crippen LogP contribution is -2.24. The number of benzene rings is 1. The van der Waals surface area contributed by atoms with Crippen molar-refractivity contribution >= 4 is 17.4 Å². The standard InChI is InChI=1S/C13H14ClN3O/c14-8-4-5-12(18-9-2-1-3-9)10(6-8)11-7-16-17-13(11)15/h4-7,9H,1-3H2,(H3,15,16,17). The van der Waals surface area contributed by atoms with Crippen molar-refractivity contribution in [2.24, 2.45) is 0 Å². The van der Waals surface area contributed by atoms with Crippen molar-refractivity contribution in [3.63, 3.8) is 0 Å². The molecule has 94 valence electrons. The molecule has 0 radical (unpaired) electrons. The first kappa shape index (κ1) is 11.4. The van der Waals surface area contributed by atoms with Gasteiger partial charge in [-0.05, 0) is 37.5 Å². The minimum Gasteiger partial charge on any atom is -0.490 e. The minimum absolute atomic E-state index is 0.318. The summed E-state index contributed by atoms with van der Waals surface area (Å²) in [4.78, 5) is 0. The zero-order valence-corrected chi connectivity index (χ0v) is 10.6. The maximum Gasteiger partial charge on any atom is 0.127 e. The molecule has 1 heterocycles. The van der Waals surface area contributed by atoms with Crippen LogP contribution in [-0.4, -0.2) is 16.3 Å². The van der Waals surface area contributed by atoms with Gasteiger partial charge in [0.15, 0.2) is 0 Å². The number of rotatable bonds is 3. The second kappa shape index (κ2) is 4.53. The third kappa shape index (κ3) is 2.04. The third-order valence-electron chi connectivity index (χ3n) is 3.25. The van der Waals surface area contributed by atoms with Crippen molar-refractivity contribution in [3.05, 3.63) is 29.4 Å². The molecule has 1 fully saturated rings. The molecule has 1 saturated carbocycles. The Morgan fingerprint density at radius 1 is 1.33 bits per heavy atom. The van der Waals surface area contributed by atoms with Gasteiger partial charge in [-0.2, -0.15) is 5.10 Å². The fraction of sp³-hybridized carbons (Fsp3) is 0.308. The largest absolute Gasteiger partial charge is 0.490 e. The molecule has 4 nitrogen and oxygen atoms in total. The lowest BCUT2D eigenvalue weighted by Gasteiger charge is -2.27. The molecule has 2 aromatic rings. The number of nitrogens with zero attached hydrogens (tertiary/aromatic N) is 1. The predicted octanol–water partition coefficient (Wildman–Crippen LogP) is 3.24. The molecular formula is C13H14ClN3O. The summed E-state index contributed by atoms with van der Waals surface area (Å²) in [6.07, 6.45) is 5.47. The van der Waals surface area contributed by atoms with Crippen LogP contribution in [0.2, 0.25) is 5.02 Å². The Balaban J connectivity index is 2.00. The van der Waals surface area contributed by atoms with Gasteiger partial charge in [0.1, 0.15) is 11.6 Å². The van der Waals surface area contributed by atoms with Crippen LogP contribution in [0.1, 0.15) is 19.3 Å². The van der Waals surface area contributed by atoms with Gasteiger partial charge in [-0.3, -0.25) is 5.10 Å². The summed E-state index contributed by atoms with van der Waals surface area (Å²) >= 11 is 6.04. The highest BCUT2D eigenvalue weighted by Gasteiger charge is 2.21. The molecule has 5 heteroatoms. The molecule has 1 aromatic carbocycles. The predicted molar refractivity (Wildman–Crippen MR) is 71.7 cm³/mol. The SMILES string of the molecule is Nc1[nH]ncc1-c1cc(Cl)ccc1OC1CCC1. The number of hydrogen-bond donors (Lipinski definition) is 2. The quantitative estimate of drug-likeness (QED) is 0.893. The van der Waals surface area contributed by atoms with E-state index in [0.717, 1.165) is 29.7 Å². The van der Waals surface area contributed by atoms with Crippen molar-refractivity contribution in [3.8, 4) is 16.9 Å². The molecule has 1 aliphatic rings. The lowest BCUT2D eigenvalue weighted by atomic mass is 9.96. The van der Waals surface area contributed by atoms with Gasteiger partial charge < -0.3 is 10.5 Å². The highest BCUT2D eigenvalue weighted by molar-refractivity contribution is 6.31. The van der Waals surface area contributed by atoms with Gasteiger partial charge in [0.05, 0.1) is 12.3 Å². The lowest BCUT2D eigenvalue weighted by molar-refractivity contribution is 0.121. The summed E-state index contributed by atoms with van der Waals surface area (Å²) in [5, 5.41) is 7.32. The molecule has 1 aromatic heterocycles. The Hall–Kier alpha value is -1.68. The third-order valence-corrected chi connectivity index (χ3v) is 3.48. The Morgan fingerprint density at radius 3 is 2.78 bits per heavy atom. The van der Waals surface area contributed by atoms with Crippen LogP contribution in [0.4, 0.5) is 5.82 Å². The van der Waals surface area contributed by atoms with Crippen LogP contribution >= 0.6 is 11.6 Å². The molecule has 3 rings (SSSR count). The number of nitrogen functional groups attached to an aromatic ring is 1. The molecule has 0 unspecified atom stereocenters. The zero-order valence-electron chi connectivity index (χ0n) is 9.82. The summed E-state index contributed by atoms with van der Waals surface area (Å²) in [5.41, 5.74) is 7.57. The van der Waals surface area contributed by atoms with E-state index >= 15 is 0 Å². The number of aromatic amines is 1.